The van der Waals surface area contributed by atoms with Crippen molar-refractivity contribution in [3.63, 3.8) is 0 Å². The smallest absolute Gasteiger partial charge is 0.339 e. The van der Waals surface area contributed by atoms with Gasteiger partial charge in [0.2, 0.25) is 0 Å². The number of benzene rings is 1. The summed E-state index contributed by atoms with van der Waals surface area (Å²) in [6, 6.07) is 5.24. The highest BCUT2D eigenvalue weighted by atomic mass is 16.4. The van der Waals surface area contributed by atoms with Crippen molar-refractivity contribution in [2.75, 3.05) is 0 Å². The quantitative estimate of drug-likeness (QED) is 0.865. The first-order valence-corrected chi connectivity index (χ1v) is 7.63. The standard InChI is InChI=1S/C17H20O3/c18-15-13(16(19)20)2-1-3-14(15)17-7-10-4-11(8-17)6-12(5-10)9-17/h1-3,10-12,18H,4-9H2,(H,19,20). The minimum absolute atomic E-state index is 0.0157. The van der Waals surface area contributed by atoms with Gasteiger partial charge in [0.1, 0.15) is 11.3 Å². The van der Waals surface area contributed by atoms with Crippen molar-refractivity contribution < 1.29 is 15.0 Å². The average Bonchev–Trinajstić information content (AvgIpc) is 2.36. The minimum Gasteiger partial charge on any atom is -0.507 e. The summed E-state index contributed by atoms with van der Waals surface area (Å²) in [7, 11) is 0. The molecule has 0 amide bonds. The normalized spacial score (nSPS) is 38.1. The molecule has 4 saturated carbocycles. The SMILES string of the molecule is O=C(O)c1cccc(C23CC4CC(CC(C4)C2)C3)c1O. The Balaban J connectivity index is 1.81. The average molecular weight is 272 g/mol. The van der Waals surface area contributed by atoms with Crippen molar-refractivity contribution in [1.82, 2.24) is 0 Å². The Morgan fingerprint density at radius 2 is 1.60 bits per heavy atom. The van der Waals surface area contributed by atoms with E-state index in [0.29, 0.717) is 0 Å². The number of carboxylic acids is 1. The maximum atomic E-state index is 11.2. The predicted molar refractivity (Wildman–Crippen MR) is 74.9 cm³/mol. The van der Waals surface area contributed by atoms with Crippen molar-refractivity contribution in [2.24, 2.45) is 17.8 Å². The van der Waals surface area contributed by atoms with Gasteiger partial charge in [0.25, 0.3) is 0 Å². The van der Waals surface area contributed by atoms with Gasteiger partial charge in [-0.05, 0) is 67.8 Å². The zero-order valence-corrected chi connectivity index (χ0v) is 11.5. The van der Waals surface area contributed by atoms with E-state index in [2.05, 4.69) is 0 Å². The fraction of sp³-hybridized carbons (Fsp3) is 0.588. The van der Waals surface area contributed by atoms with E-state index >= 15 is 0 Å². The molecule has 4 aliphatic rings. The number of carboxylic acid groups (broad SMARTS) is 1. The van der Waals surface area contributed by atoms with E-state index in [9.17, 15) is 15.0 Å². The molecule has 3 heteroatoms. The summed E-state index contributed by atoms with van der Waals surface area (Å²) < 4.78 is 0. The van der Waals surface area contributed by atoms with Crippen LogP contribution in [0.3, 0.4) is 0 Å². The second-order valence-corrected chi connectivity index (χ2v) is 7.20. The first-order valence-electron chi connectivity index (χ1n) is 7.63. The third-order valence-electron chi connectivity index (χ3n) is 5.88. The third kappa shape index (κ3) is 1.62. The summed E-state index contributed by atoms with van der Waals surface area (Å²) in [5.74, 6) is 1.34. The first kappa shape index (κ1) is 12.2. The lowest BCUT2D eigenvalue weighted by molar-refractivity contribution is -0.00618. The molecule has 1 aromatic carbocycles. The van der Waals surface area contributed by atoms with Gasteiger partial charge in [-0.25, -0.2) is 4.79 Å². The lowest BCUT2D eigenvalue weighted by Gasteiger charge is -2.57. The molecular weight excluding hydrogens is 252 g/mol. The molecule has 5 rings (SSSR count). The third-order valence-corrected chi connectivity index (χ3v) is 5.88. The molecule has 4 aliphatic carbocycles. The predicted octanol–water partition coefficient (Wildman–Crippen LogP) is 3.56. The van der Waals surface area contributed by atoms with Crippen LogP contribution in [0.15, 0.2) is 18.2 Å². The summed E-state index contributed by atoms with van der Waals surface area (Å²) in [5.41, 5.74) is 0.999. The van der Waals surface area contributed by atoms with Crippen molar-refractivity contribution in [2.45, 2.75) is 43.9 Å². The van der Waals surface area contributed by atoms with Crippen LogP contribution in [0.2, 0.25) is 0 Å². The van der Waals surface area contributed by atoms with Gasteiger partial charge in [0.05, 0.1) is 0 Å². The molecule has 0 spiro atoms. The Hall–Kier alpha value is -1.51. The van der Waals surface area contributed by atoms with E-state index in [-0.39, 0.29) is 16.7 Å². The summed E-state index contributed by atoms with van der Waals surface area (Å²) in [4.78, 5) is 11.2. The van der Waals surface area contributed by atoms with E-state index < -0.39 is 5.97 Å². The van der Waals surface area contributed by atoms with E-state index in [1.54, 1.807) is 6.07 Å². The van der Waals surface area contributed by atoms with E-state index in [0.717, 1.165) is 42.6 Å². The first-order chi connectivity index (χ1) is 9.57. The molecule has 3 nitrogen and oxygen atoms in total. The zero-order chi connectivity index (χ0) is 13.9. The van der Waals surface area contributed by atoms with Crippen molar-refractivity contribution >= 4 is 5.97 Å². The molecule has 4 fully saturated rings. The van der Waals surface area contributed by atoms with Crippen molar-refractivity contribution in [3.05, 3.63) is 29.3 Å². The van der Waals surface area contributed by atoms with Gasteiger partial charge in [-0.1, -0.05) is 12.1 Å². The monoisotopic (exact) mass is 272 g/mol. The van der Waals surface area contributed by atoms with Crippen molar-refractivity contribution in [3.8, 4) is 5.75 Å². The Morgan fingerprint density at radius 3 is 2.10 bits per heavy atom. The highest BCUT2D eigenvalue weighted by Gasteiger charge is 2.52. The lowest BCUT2D eigenvalue weighted by atomic mass is 9.48. The van der Waals surface area contributed by atoms with Gasteiger partial charge in [-0.2, -0.15) is 0 Å². The lowest BCUT2D eigenvalue weighted by Crippen LogP contribution is -2.48. The van der Waals surface area contributed by atoms with E-state index in [1.807, 2.05) is 6.07 Å². The van der Waals surface area contributed by atoms with Crippen LogP contribution in [0, 0.1) is 17.8 Å². The van der Waals surface area contributed by atoms with Crippen LogP contribution in [-0.4, -0.2) is 16.2 Å². The number of aromatic carboxylic acids is 1. The molecule has 0 radical (unpaired) electrons. The molecule has 0 saturated heterocycles. The van der Waals surface area contributed by atoms with Crippen LogP contribution in [0.5, 0.6) is 5.75 Å². The van der Waals surface area contributed by atoms with Crippen LogP contribution in [0.4, 0.5) is 0 Å². The maximum Gasteiger partial charge on any atom is 0.339 e. The zero-order valence-electron chi connectivity index (χ0n) is 11.5. The summed E-state index contributed by atoms with van der Waals surface area (Å²) in [6.07, 6.45) is 7.44. The topological polar surface area (TPSA) is 57.5 Å². The molecule has 0 aromatic heterocycles. The number of phenols is 1. The largest absolute Gasteiger partial charge is 0.507 e. The van der Waals surface area contributed by atoms with Gasteiger partial charge in [-0.3, -0.25) is 0 Å². The van der Waals surface area contributed by atoms with Gasteiger partial charge >= 0.3 is 5.97 Å². The number of hydrogen-bond acceptors (Lipinski definition) is 2. The molecule has 0 atom stereocenters. The van der Waals surface area contributed by atoms with E-state index in [4.69, 9.17) is 0 Å². The summed E-state index contributed by atoms with van der Waals surface area (Å²) in [5, 5.41) is 19.7. The summed E-state index contributed by atoms with van der Waals surface area (Å²) >= 11 is 0. The second-order valence-electron chi connectivity index (χ2n) is 7.20. The molecule has 20 heavy (non-hydrogen) atoms. The highest BCUT2D eigenvalue weighted by molar-refractivity contribution is 5.91. The molecule has 106 valence electrons. The molecular formula is C17H20O3. The second kappa shape index (κ2) is 4.00. The number of carbonyl (C=O) groups is 1. The van der Waals surface area contributed by atoms with Crippen LogP contribution in [0.1, 0.15) is 54.4 Å². The molecule has 0 unspecified atom stereocenters. The number of para-hydroxylation sites is 1. The molecule has 0 aliphatic heterocycles. The fourth-order valence-electron chi connectivity index (χ4n) is 5.58. The number of aromatic hydroxyl groups is 1. The van der Waals surface area contributed by atoms with Crippen LogP contribution in [0.25, 0.3) is 0 Å². The molecule has 4 bridgehead atoms. The Bertz CT molecular complexity index is 540. The molecule has 0 heterocycles. The maximum absolute atomic E-state index is 11.2. The van der Waals surface area contributed by atoms with Crippen molar-refractivity contribution in [1.29, 1.82) is 0 Å². The van der Waals surface area contributed by atoms with Gasteiger partial charge in [-0.15, -0.1) is 0 Å². The Labute approximate surface area is 118 Å². The fourth-order valence-corrected chi connectivity index (χ4v) is 5.58. The van der Waals surface area contributed by atoms with Gasteiger partial charge in [0.15, 0.2) is 0 Å². The van der Waals surface area contributed by atoms with Crippen LogP contribution >= 0.6 is 0 Å². The minimum atomic E-state index is -1.03. The highest BCUT2D eigenvalue weighted by Crippen LogP contribution is 2.61. The van der Waals surface area contributed by atoms with E-state index in [1.165, 1.54) is 25.3 Å². The molecule has 1 aromatic rings. The number of hydrogen-bond donors (Lipinski definition) is 2. The van der Waals surface area contributed by atoms with Gasteiger partial charge in [0, 0.05) is 5.56 Å². The van der Waals surface area contributed by atoms with Crippen LogP contribution < -0.4 is 0 Å². The molecule has 2 N–H and O–H groups in total. The Kier molecular flexibility index (Phi) is 2.45. The Morgan fingerprint density at radius 1 is 1.05 bits per heavy atom. The summed E-state index contributed by atoms with van der Waals surface area (Å²) in [6.45, 7) is 0. The van der Waals surface area contributed by atoms with Crippen LogP contribution in [-0.2, 0) is 5.41 Å². The number of rotatable bonds is 2. The van der Waals surface area contributed by atoms with Gasteiger partial charge < -0.3 is 10.2 Å².